The number of ether oxygens (including phenoxy) is 2. The van der Waals surface area contributed by atoms with Gasteiger partial charge in [0.2, 0.25) is 5.88 Å². The van der Waals surface area contributed by atoms with Gasteiger partial charge in [-0.25, -0.2) is 12.6 Å². The summed E-state index contributed by atoms with van der Waals surface area (Å²) in [7, 11) is -10.9. The van der Waals surface area contributed by atoms with E-state index < -0.39 is 53.5 Å². The van der Waals surface area contributed by atoms with Gasteiger partial charge in [0.15, 0.2) is 15.5 Å². The number of azo groups is 1. The van der Waals surface area contributed by atoms with Crippen LogP contribution in [-0.4, -0.2) is 75.8 Å². The van der Waals surface area contributed by atoms with E-state index in [4.69, 9.17) is 14.0 Å². The van der Waals surface area contributed by atoms with Crippen molar-refractivity contribution in [1.82, 2.24) is 9.78 Å². The normalized spacial score (nSPS) is 12.6. The Morgan fingerprint density at radius 2 is 1.50 bits per heavy atom. The Morgan fingerprint density at radius 3 is 2.05 bits per heavy atom. The Labute approximate surface area is 216 Å². The predicted octanol–water partition coefficient (Wildman–Crippen LogP) is 1.85. The van der Waals surface area contributed by atoms with Gasteiger partial charge < -0.3 is 14.6 Å². The second-order valence-corrected chi connectivity index (χ2v) is 11.8. The molecule has 0 atom stereocenters. The van der Waals surface area contributed by atoms with Gasteiger partial charge in [-0.15, -0.1) is 10.2 Å². The van der Waals surface area contributed by atoms with Crippen molar-refractivity contribution in [3.63, 3.8) is 0 Å². The Balaban J connectivity index is 1.86. The smallest absolute Gasteiger partial charge is 0.397 e. The Bertz CT molecular complexity index is 1680. The van der Waals surface area contributed by atoms with Crippen LogP contribution >= 0.6 is 0 Å². The van der Waals surface area contributed by atoms with E-state index in [1.54, 1.807) is 0 Å². The van der Waals surface area contributed by atoms with Crippen LogP contribution in [0.3, 0.4) is 0 Å². The third kappa shape index (κ3) is 6.82. The van der Waals surface area contributed by atoms with E-state index in [1.807, 2.05) is 0 Å². The molecule has 2 aromatic carbocycles. The van der Waals surface area contributed by atoms with Gasteiger partial charge in [-0.05, 0) is 30.3 Å². The monoisotopic (exact) mass is 592 g/mol. The fourth-order valence-corrected chi connectivity index (χ4v) is 5.14. The van der Waals surface area contributed by atoms with E-state index in [9.17, 15) is 34.9 Å². The van der Waals surface area contributed by atoms with Crippen molar-refractivity contribution in [3.8, 4) is 23.1 Å². The van der Waals surface area contributed by atoms with Crippen molar-refractivity contribution in [2.75, 3.05) is 26.6 Å². The molecule has 0 unspecified atom stereocenters. The third-order valence-electron chi connectivity index (χ3n) is 4.76. The highest BCUT2D eigenvalue weighted by molar-refractivity contribution is 7.91. The van der Waals surface area contributed by atoms with Gasteiger partial charge in [0.1, 0.15) is 22.1 Å². The lowest BCUT2D eigenvalue weighted by Gasteiger charge is -2.10. The number of rotatable bonds is 11. The molecule has 0 aliphatic heterocycles. The van der Waals surface area contributed by atoms with Gasteiger partial charge in [-0.3, -0.25) is 9.11 Å². The highest BCUT2D eigenvalue weighted by Gasteiger charge is 2.21. The van der Waals surface area contributed by atoms with Gasteiger partial charge in [0, 0.05) is 6.07 Å². The molecule has 0 saturated heterocycles. The fraction of sp³-hybridized carbons (Fsp3) is 0.211. The molecular formula is C19H20N4O12S3. The van der Waals surface area contributed by atoms with E-state index in [2.05, 4.69) is 19.5 Å². The van der Waals surface area contributed by atoms with Crippen molar-refractivity contribution in [3.05, 3.63) is 42.6 Å². The summed E-state index contributed by atoms with van der Waals surface area (Å²) in [5.41, 5.74) is -0.0660. The first-order chi connectivity index (χ1) is 17.7. The summed E-state index contributed by atoms with van der Waals surface area (Å²) in [6.07, 6.45) is 1.12. The van der Waals surface area contributed by atoms with Crippen LogP contribution in [0.2, 0.25) is 0 Å². The molecule has 0 amide bonds. The van der Waals surface area contributed by atoms with Crippen molar-refractivity contribution in [2.24, 2.45) is 10.2 Å². The molecule has 0 aliphatic carbocycles. The maximum absolute atomic E-state index is 12.3. The molecule has 0 radical (unpaired) electrons. The second kappa shape index (κ2) is 11.0. The molecule has 1 heterocycles. The largest absolute Gasteiger partial charge is 0.495 e. The maximum Gasteiger partial charge on any atom is 0.397 e. The molecule has 3 N–H and O–H groups in total. The molecule has 19 heteroatoms. The lowest BCUT2D eigenvalue weighted by molar-refractivity contribution is 0.284. The molecule has 0 aliphatic rings. The van der Waals surface area contributed by atoms with E-state index in [1.165, 1.54) is 44.6 Å². The zero-order valence-electron chi connectivity index (χ0n) is 19.5. The summed E-state index contributed by atoms with van der Waals surface area (Å²) in [6.45, 7) is -0.790. The number of benzene rings is 2. The van der Waals surface area contributed by atoms with Gasteiger partial charge in [0.05, 0.1) is 43.4 Å². The molecule has 0 bridgehead atoms. The molecule has 16 nitrogen and oxygen atoms in total. The summed E-state index contributed by atoms with van der Waals surface area (Å²) in [6, 6.07) is 7.09. The number of aromatic hydroxyl groups is 1. The van der Waals surface area contributed by atoms with Crippen molar-refractivity contribution in [1.29, 1.82) is 0 Å². The molecule has 1 aromatic heterocycles. The average molecular weight is 593 g/mol. The number of hydrogen-bond donors (Lipinski definition) is 3. The summed E-state index contributed by atoms with van der Waals surface area (Å²) in [5, 5.41) is 22.2. The standard InChI is InChI=1S/C19H20N4O12S3/c1-33-16-10-17(34-2)18(37(27,28)29)9-14(16)21-22-15-11-20-23(19(15)24)12-3-5-13(6-4-12)36(25,26)8-7-35-38(30,31)32/h3-6,9-11,24H,7-8H2,1-2H3,(H,27,28,29)(H,30,31,32)/b22-21+. The predicted molar refractivity (Wildman–Crippen MR) is 128 cm³/mol. The zero-order chi connectivity index (χ0) is 28.3. The quantitative estimate of drug-likeness (QED) is 0.213. The van der Waals surface area contributed by atoms with Gasteiger partial charge >= 0.3 is 10.4 Å². The number of aromatic nitrogens is 2. The van der Waals surface area contributed by atoms with Crippen LogP contribution < -0.4 is 9.47 Å². The molecule has 206 valence electrons. The Hall–Kier alpha value is -3.62. The van der Waals surface area contributed by atoms with Crippen LogP contribution in [0.1, 0.15) is 0 Å². The lowest BCUT2D eigenvalue weighted by atomic mass is 10.3. The molecule has 3 aromatic rings. The highest BCUT2D eigenvalue weighted by Crippen LogP contribution is 2.39. The van der Waals surface area contributed by atoms with E-state index in [0.717, 1.165) is 16.9 Å². The SMILES string of the molecule is COc1cc(OC)c(S(=O)(=O)O)cc1/N=N/c1cnn(-c2ccc(S(=O)(=O)CCOS(=O)(=O)O)cc2)c1O. The van der Waals surface area contributed by atoms with Crippen LogP contribution in [0.15, 0.2) is 62.6 Å². The molecule has 3 rings (SSSR count). The molecular weight excluding hydrogens is 572 g/mol. The number of hydrogen-bond acceptors (Lipinski definition) is 13. The number of methoxy groups -OCH3 is 2. The first kappa shape index (κ1) is 28.9. The minimum Gasteiger partial charge on any atom is -0.495 e. The number of nitrogens with zero attached hydrogens (tertiary/aromatic N) is 4. The third-order valence-corrected chi connectivity index (χ3v) is 7.79. The highest BCUT2D eigenvalue weighted by atomic mass is 32.3. The summed E-state index contributed by atoms with van der Waals surface area (Å²) in [5.74, 6) is -1.38. The van der Waals surface area contributed by atoms with Crippen LogP contribution in [-0.2, 0) is 34.5 Å². The topological polar surface area (TPSA) is 233 Å². The molecule has 38 heavy (non-hydrogen) atoms. The average Bonchev–Trinajstić information content (AvgIpc) is 3.20. The molecule has 0 saturated carbocycles. The van der Waals surface area contributed by atoms with Crippen molar-refractivity contribution < 1.29 is 53.1 Å². The van der Waals surface area contributed by atoms with Gasteiger partial charge in [0.25, 0.3) is 10.1 Å². The van der Waals surface area contributed by atoms with Crippen LogP contribution in [0, 0.1) is 0 Å². The Morgan fingerprint density at radius 1 is 0.895 bits per heavy atom. The van der Waals surface area contributed by atoms with Crippen LogP contribution in [0.25, 0.3) is 5.69 Å². The van der Waals surface area contributed by atoms with Crippen molar-refractivity contribution >= 4 is 41.7 Å². The Kier molecular flexibility index (Phi) is 8.39. The van der Waals surface area contributed by atoms with Crippen LogP contribution in [0.5, 0.6) is 17.4 Å². The van der Waals surface area contributed by atoms with E-state index >= 15 is 0 Å². The first-order valence-electron chi connectivity index (χ1n) is 10.0. The van der Waals surface area contributed by atoms with E-state index in [-0.39, 0.29) is 33.5 Å². The summed E-state index contributed by atoms with van der Waals surface area (Å²) < 4.78 is 102. The van der Waals surface area contributed by atoms with Gasteiger partial charge in [-0.2, -0.15) is 26.6 Å². The maximum atomic E-state index is 12.3. The number of sulfone groups is 1. The molecule has 0 spiro atoms. The minimum absolute atomic E-state index is 0.0451. The fourth-order valence-electron chi connectivity index (χ4n) is 3.00. The zero-order valence-corrected chi connectivity index (χ0v) is 21.9. The van der Waals surface area contributed by atoms with Crippen LogP contribution in [0.4, 0.5) is 11.4 Å². The summed E-state index contributed by atoms with van der Waals surface area (Å²) in [4.78, 5) is -0.776. The van der Waals surface area contributed by atoms with Gasteiger partial charge in [-0.1, -0.05) is 0 Å². The molecule has 0 fully saturated rings. The first-order valence-corrected chi connectivity index (χ1v) is 14.5. The summed E-state index contributed by atoms with van der Waals surface area (Å²) >= 11 is 0. The van der Waals surface area contributed by atoms with E-state index in [0.29, 0.717) is 0 Å². The lowest BCUT2D eigenvalue weighted by Crippen LogP contribution is -2.15. The minimum atomic E-state index is -4.78. The second-order valence-electron chi connectivity index (χ2n) is 7.18. The van der Waals surface area contributed by atoms with Crippen molar-refractivity contribution in [2.45, 2.75) is 9.79 Å².